The molecule has 0 spiro atoms. The first-order valence-corrected chi connectivity index (χ1v) is 7.52. The van der Waals surface area contributed by atoms with Gasteiger partial charge in [-0.2, -0.15) is 5.10 Å². The minimum absolute atomic E-state index is 0.223. The van der Waals surface area contributed by atoms with Gasteiger partial charge in [0.1, 0.15) is 5.75 Å². The van der Waals surface area contributed by atoms with Crippen LogP contribution in [0.4, 0.5) is 5.69 Å². The maximum Gasteiger partial charge on any atom is 0.119 e. The van der Waals surface area contributed by atoms with E-state index in [4.69, 9.17) is 4.74 Å². The molecule has 0 radical (unpaired) electrons. The number of aromatic nitrogens is 2. The lowest BCUT2D eigenvalue weighted by atomic mass is 10.1. The zero-order valence-corrected chi connectivity index (χ0v) is 13.6. The molecule has 1 atom stereocenters. The van der Waals surface area contributed by atoms with Crippen LogP contribution in [-0.4, -0.2) is 16.4 Å². The smallest absolute Gasteiger partial charge is 0.119 e. The van der Waals surface area contributed by atoms with Crippen molar-refractivity contribution < 1.29 is 4.74 Å². The fourth-order valence-corrected chi connectivity index (χ4v) is 2.61. The Morgan fingerprint density at radius 1 is 1.24 bits per heavy atom. The van der Waals surface area contributed by atoms with Crippen LogP contribution in [0.5, 0.6) is 5.75 Å². The van der Waals surface area contributed by atoms with E-state index >= 15 is 0 Å². The Morgan fingerprint density at radius 2 is 1.90 bits per heavy atom. The highest BCUT2D eigenvalue weighted by Gasteiger charge is 2.16. The monoisotopic (exact) mass is 287 g/mol. The van der Waals surface area contributed by atoms with Crippen molar-refractivity contribution in [3.8, 4) is 5.75 Å². The van der Waals surface area contributed by atoms with Gasteiger partial charge in [-0.3, -0.25) is 4.68 Å². The van der Waals surface area contributed by atoms with E-state index in [0.29, 0.717) is 0 Å². The Morgan fingerprint density at radius 3 is 2.43 bits per heavy atom. The van der Waals surface area contributed by atoms with Crippen molar-refractivity contribution in [3.05, 3.63) is 41.2 Å². The topological polar surface area (TPSA) is 39.1 Å². The second-order valence-electron chi connectivity index (χ2n) is 5.45. The van der Waals surface area contributed by atoms with Crippen LogP contribution in [0, 0.1) is 13.8 Å². The largest absolute Gasteiger partial charge is 0.494 e. The second kappa shape index (κ2) is 6.66. The van der Waals surface area contributed by atoms with Crippen molar-refractivity contribution >= 4 is 5.69 Å². The molecule has 1 aromatic heterocycles. The molecule has 4 heteroatoms. The van der Waals surface area contributed by atoms with E-state index in [0.717, 1.165) is 30.2 Å². The average molecular weight is 287 g/mol. The fourth-order valence-electron chi connectivity index (χ4n) is 2.61. The van der Waals surface area contributed by atoms with E-state index in [1.807, 2.05) is 23.9 Å². The Kier molecular flexibility index (Phi) is 4.89. The molecule has 0 aliphatic heterocycles. The van der Waals surface area contributed by atoms with Crippen molar-refractivity contribution in [3.63, 3.8) is 0 Å². The van der Waals surface area contributed by atoms with Crippen LogP contribution in [0.3, 0.4) is 0 Å². The Labute approximate surface area is 127 Å². The van der Waals surface area contributed by atoms with Crippen LogP contribution in [0.1, 0.15) is 43.3 Å². The summed E-state index contributed by atoms with van der Waals surface area (Å²) in [6.07, 6.45) is 1.02. The predicted octanol–water partition coefficient (Wildman–Crippen LogP) is 4.00. The van der Waals surface area contributed by atoms with Gasteiger partial charge in [-0.25, -0.2) is 0 Å². The molecular weight excluding hydrogens is 262 g/mol. The number of benzene rings is 1. The molecule has 2 aromatic rings. The number of rotatable bonds is 6. The maximum atomic E-state index is 5.60. The number of hydrogen-bond acceptors (Lipinski definition) is 3. The van der Waals surface area contributed by atoms with E-state index < -0.39 is 0 Å². The van der Waals surface area contributed by atoms with Crippen molar-refractivity contribution in [1.29, 1.82) is 0 Å². The van der Waals surface area contributed by atoms with Gasteiger partial charge in [0.15, 0.2) is 0 Å². The van der Waals surface area contributed by atoms with Gasteiger partial charge < -0.3 is 10.1 Å². The van der Waals surface area contributed by atoms with Crippen LogP contribution in [0.2, 0.25) is 0 Å². The molecule has 1 heterocycles. The molecular formula is C17H25N3O. The second-order valence-corrected chi connectivity index (χ2v) is 5.45. The first-order valence-electron chi connectivity index (χ1n) is 7.52. The Bertz CT molecular complexity index is 587. The minimum Gasteiger partial charge on any atom is -0.494 e. The number of anilines is 1. The summed E-state index contributed by atoms with van der Waals surface area (Å²) in [7, 11) is 1.98. The highest BCUT2D eigenvalue weighted by molar-refractivity contribution is 5.49. The summed E-state index contributed by atoms with van der Waals surface area (Å²) < 4.78 is 7.54. The summed E-state index contributed by atoms with van der Waals surface area (Å²) in [5, 5.41) is 8.01. The van der Waals surface area contributed by atoms with E-state index in [1.165, 1.54) is 11.3 Å². The van der Waals surface area contributed by atoms with Gasteiger partial charge in [0.2, 0.25) is 0 Å². The van der Waals surface area contributed by atoms with Gasteiger partial charge in [-0.15, -0.1) is 0 Å². The molecule has 0 saturated carbocycles. The lowest BCUT2D eigenvalue weighted by Gasteiger charge is -2.16. The third-order valence-corrected chi connectivity index (χ3v) is 3.71. The summed E-state index contributed by atoms with van der Waals surface area (Å²) >= 11 is 0. The SMILES string of the molecule is CCCOc1ccc(NC(C)c2c(C)nn(C)c2C)cc1. The molecule has 0 aliphatic carbocycles. The van der Waals surface area contributed by atoms with Gasteiger partial charge in [0.05, 0.1) is 18.3 Å². The third kappa shape index (κ3) is 3.57. The maximum absolute atomic E-state index is 5.60. The van der Waals surface area contributed by atoms with Gasteiger partial charge in [-0.1, -0.05) is 6.92 Å². The number of aryl methyl sites for hydroxylation is 2. The molecule has 0 saturated heterocycles. The zero-order chi connectivity index (χ0) is 15.4. The molecule has 4 nitrogen and oxygen atoms in total. The summed E-state index contributed by atoms with van der Waals surface area (Å²) in [6.45, 7) is 9.20. The van der Waals surface area contributed by atoms with Crippen molar-refractivity contribution in [2.24, 2.45) is 7.05 Å². The molecule has 1 N–H and O–H groups in total. The minimum atomic E-state index is 0.223. The first kappa shape index (κ1) is 15.4. The fraction of sp³-hybridized carbons (Fsp3) is 0.471. The van der Waals surface area contributed by atoms with Gasteiger partial charge >= 0.3 is 0 Å². The van der Waals surface area contributed by atoms with Gasteiger partial charge in [0.25, 0.3) is 0 Å². The third-order valence-electron chi connectivity index (χ3n) is 3.71. The normalized spacial score (nSPS) is 12.2. The van der Waals surface area contributed by atoms with Crippen molar-refractivity contribution in [1.82, 2.24) is 9.78 Å². The van der Waals surface area contributed by atoms with Crippen LogP contribution < -0.4 is 10.1 Å². The van der Waals surface area contributed by atoms with E-state index in [-0.39, 0.29) is 6.04 Å². The highest BCUT2D eigenvalue weighted by atomic mass is 16.5. The average Bonchev–Trinajstić information content (AvgIpc) is 2.71. The molecule has 2 rings (SSSR count). The van der Waals surface area contributed by atoms with Crippen LogP contribution in [0.25, 0.3) is 0 Å². The summed E-state index contributed by atoms with van der Waals surface area (Å²) in [5.74, 6) is 0.920. The molecule has 0 aliphatic rings. The zero-order valence-electron chi connectivity index (χ0n) is 13.6. The first-order chi connectivity index (χ1) is 10.0. The Hall–Kier alpha value is -1.97. The molecule has 1 aromatic carbocycles. The van der Waals surface area contributed by atoms with E-state index in [9.17, 15) is 0 Å². The van der Waals surface area contributed by atoms with E-state index in [2.05, 4.69) is 50.2 Å². The van der Waals surface area contributed by atoms with E-state index in [1.54, 1.807) is 0 Å². The highest BCUT2D eigenvalue weighted by Crippen LogP contribution is 2.25. The molecule has 0 amide bonds. The van der Waals surface area contributed by atoms with Crippen LogP contribution in [-0.2, 0) is 7.05 Å². The molecule has 0 bridgehead atoms. The van der Waals surface area contributed by atoms with Crippen LogP contribution >= 0.6 is 0 Å². The number of nitrogens with zero attached hydrogens (tertiary/aromatic N) is 2. The predicted molar refractivity (Wildman–Crippen MR) is 86.9 cm³/mol. The van der Waals surface area contributed by atoms with Crippen molar-refractivity contribution in [2.45, 2.75) is 40.2 Å². The van der Waals surface area contributed by atoms with Crippen molar-refractivity contribution in [2.75, 3.05) is 11.9 Å². The summed E-state index contributed by atoms with van der Waals surface area (Å²) in [6, 6.07) is 8.35. The number of hydrogen-bond donors (Lipinski definition) is 1. The molecule has 21 heavy (non-hydrogen) atoms. The quantitative estimate of drug-likeness (QED) is 0.873. The summed E-state index contributed by atoms with van der Waals surface area (Å²) in [4.78, 5) is 0. The number of ether oxygens (including phenoxy) is 1. The Balaban J connectivity index is 2.07. The van der Waals surface area contributed by atoms with Gasteiger partial charge in [0, 0.05) is 24.0 Å². The number of nitrogens with one attached hydrogen (secondary N) is 1. The molecule has 0 fully saturated rings. The van der Waals surface area contributed by atoms with Gasteiger partial charge in [-0.05, 0) is 51.5 Å². The summed E-state index contributed by atoms with van der Waals surface area (Å²) in [5.41, 5.74) is 4.64. The van der Waals surface area contributed by atoms with Crippen LogP contribution in [0.15, 0.2) is 24.3 Å². The lowest BCUT2D eigenvalue weighted by Crippen LogP contribution is -2.09. The lowest BCUT2D eigenvalue weighted by molar-refractivity contribution is 0.317. The molecule has 1 unspecified atom stereocenters. The molecule has 114 valence electrons. The standard InChI is InChI=1S/C17H25N3O/c1-6-11-21-16-9-7-15(8-10-16)18-12(2)17-13(3)19-20(5)14(17)4/h7-10,12,18H,6,11H2,1-5H3.